The Morgan fingerprint density at radius 3 is 2.69 bits per heavy atom. The number of hydrogen-bond donors (Lipinski definition) is 1. The van der Waals surface area contributed by atoms with Crippen molar-refractivity contribution in [2.75, 3.05) is 0 Å². The number of aromatic nitrogens is 1. The highest BCUT2D eigenvalue weighted by atomic mass is 19.3. The minimum Gasteiger partial charge on any atom is -0.481 e. The quantitative estimate of drug-likeness (QED) is 0.856. The highest BCUT2D eigenvalue weighted by molar-refractivity contribution is 5.69. The van der Waals surface area contributed by atoms with E-state index in [0.29, 0.717) is 6.07 Å². The normalized spacial score (nSPS) is 10.2. The number of nitriles is 1. The number of hydrogen-bond acceptors (Lipinski definition) is 3. The van der Waals surface area contributed by atoms with Crippen LogP contribution in [-0.4, -0.2) is 16.1 Å². The Morgan fingerprint density at radius 1 is 1.62 bits per heavy atom. The minimum absolute atomic E-state index is 0.277. The summed E-state index contributed by atoms with van der Waals surface area (Å²) in [7, 11) is 0. The van der Waals surface area contributed by atoms with Crippen molar-refractivity contribution in [2.45, 2.75) is 12.8 Å². The van der Waals surface area contributed by atoms with E-state index in [0.717, 1.165) is 0 Å². The van der Waals surface area contributed by atoms with Crippen LogP contribution in [0.5, 0.6) is 0 Å². The van der Waals surface area contributed by atoms with Crippen molar-refractivity contribution in [1.82, 2.24) is 4.98 Å². The number of aliphatic carboxylic acids is 1. The molecule has 0 saturated heterocycles. The van der Waals surface area contributed by atoms with Gasteiger partial charge in [0.15, 0.2) is 11.5 Å². The fourth-order valence-electron chi connectivity index (χ4n) is 1.08. The van der Waals surface area contributed by atoms with Gasteiger partial charge in [0.25, 0.3) is 6.43 Å². The Morgan fingerprint density at radius 2 is 2.25 bits per heavy atom. The van der Waals surface area contributed by atoms with Crippen LogP contribution in [0.4, 0.5) is 13.2 Å². The number of halogens is 3. The Labute approximate surface area is 88.0 Å². The molecule has 0 radical (unpaired) electrons. The van der Waals surface area contributed by atoms with Crippen LogP contribution < -0.4 is 0 Å². The van der Waals surface area contributed by atoms with Crippen molar-refractivity contribution in [2.24, 2.45) is 0 Å². The number of carbonyl (C=O) groups is 1. The van der Waals surface area contributed by atoms with Gasteiger partial charge in [-0.1, -0.05) is 0 Å². The van der Waals surface area contributed by atoms with E-state index >= 15 is 0 Å². The molecule has 0 atom stereocenters. The van der Waals surface area contributed by atoms with Crippen molar-refractivity contribution >= 4 is 5.97 Å². The smallest absolute Gasteiger partial charge is 0.309 e. The van der Waals surface area contributed by atoms with Crippen LogP contribution in [0.3, 0.4) is 0 Å². The first-order valence-electron chi connectivity index (χ1n) is 4.05. The molecule has 0 saturated carbocycles. The van der Waals surface area contributed by atoms with Crippen LogP contribution in [-0.2, 0) is 11.2 Å². The SMILES string of the molecule is N#Cc1nc(CC(=O)O)cc(C(F)F)c1F. The van der Waals surface area contributed by atoms with Crippen LogP contribution in [0.15, 0.2) is 6.07 Å². The summed E-state index contributed by atoms with van der Waals surface area (Å²) in [5.74, 6) is -2.71. The van der Waals surface area contributed by atoms with E-state index < -0.39 is 35.9 Å². The largest absolute Gasteiger partial charge is 0.481 e. The molecule has 16 heavy (non-hydrogen) atoms. The monoisotopic (exact) mass is 230 g/mol. The van der Waals surface area contributed by atoms with Gasteiger partial charge in [-0.2, -0.15) is 5.26 Å². The Bertz CT molecular complexity index is 469. The second kappa shape index (κ2) is 4.61. The number of alkyl halides is 2. The molecule has 84 valence electrons. The first-order chi connectivity index (χ1) is 7.45. The number of rotatable bonds is 3. The molecule has 0 amide bonds. The number of carboxylic acids is 1. The number of nitrogens with zero attached hydrogens (tertiary/aromatic N) is 2. The van der Waals surface area contributed by atoms with E-state index in [1.54, 1.807) is 0 Å². The first-order valence-corrected chi connectivity index (χ1v) is 4.05. The van der Waals surface area contributed by atoms with Crippen LogP contribution in [0.1, 0.15) is 23.4 Å². The summed E-state index contributed by atoms with van der Waals surface area (Å²) in [6, 6.07) is 1.94. The fraction of sp³-hybridized carbons (Fsp3) is 0.222. The van der Waals surface area contributed by atoms with Gasteiger partial charge in [-0.3, -0.25) is 4.79 Å². The molecule has 1 aromatic heterocycles. The van der Waals surface area contributed by atoms with Crippen molar-refractivity contribution in [3.05, 3.63) is 28.8 Å². The van der Waals surface area contributed by atoms with E-state index in [9.17, 15) is 18.0 Å². The van der Waals surface area contributed by atoms with Gasteiger partial charge in [0.2, 0.25) is 0 Å². The van der Waals surface area contributed by atoms with Gasteiger partial charge < -0.3 is 5.11 Å². The van der Waals surface area contributed by atoms with Gasteiger partial charge in [0.05, 0.1) is 17.7 Å². The second-order valence-corrected chi connectivity index (χ2v) is 2.85. The van der Waals surface area contributed by atoms with Gasteiger partial charge >= 0.3 is 5.97 Å². The zero-order valence-electron chi connectivity index (χ0n) is 7.75. The lowest BCUT2D eigenvalue weighted by atomic mass is 10.1. The predicted octanol–water partition coefficient (Wildman–Crippen LogP) is 1.66. The Balaban J connectivity index is 3.29. The maximum Gasteiger partial charge on any atom is 0.309 e. The molecule has 1 aromatic rings. The molecule has 7 heteroatoms. The summed E-state index contributed by atoms with van der Waals surface area (Å²) >= 11 is 0. The fourth-order valence-corrected chi connectivity index (χ4v) is 1.08. The van der Waals surface area contributed by atoms with Gasteiger partial charge in [0, 0.05) is 0 Å². The van der Waals surface area contributed by atoms with E-state index in [1.165, 1.54) is 6.07 Å². The molecule has 0 aliphatic rings. The maximum absolute atomic E-state index is 13.1. The Hall–Kier alpha value is -2.10. The lowest BCUT2D eigenvalue weighted by molar-refractivity contribution is -0.136. The zero-order valence-corrected chi connectivity index (χ0v) is 7.75. The third-order valence-corrected chi connectivity index (χ3v) is 1.71. The average molecular weight is 230 g/mol. The molecule has 1 heterocycles. The molecule has 1 N–H and O–H groups in total. The van der Waals surface area contributed by atoms with E-state index in [2.05, 4.69) is 4.98 Å². The highest BCUT2D eigenvalue weighted by Crippen LogP contribution is 2.24. The molecule has 0 unspecified atom stereocenters. The van der Waals surface area contributed by atoms with E-state index in [1.807, 2.05) is 0 Å². The van der Waals surface area contributed by atoms with Crippen LogP contribution >= 0.6 is 0 Å². The highest BCUT2D eigenvalue weighted by Gasteiger charge is 2.20. The van der Waals surface area contributed by atoms with Crippen molar-refractivity contribution in [1.29, 1.82) is 5.26 Å². The zero-order chi connectivity index (χ0) is 12.3. The summed E-state index contributed by atoms with van der Waals surface area (Å²) < 4.78 is 37.8. The molecular weight excluding hydrogens is 225 g/mol. The molecule has 0 fully saturated rings. The lowest BCUT2D eigenvalue weighted by Gasteiger charge is -2.05. The average Bonchev–Trinajstić information content (AvgIpc) is 2.19. The molecule has 0 aromatic carbocycles. The predicted molar refractivity (Wildman–Crippen MR) is 45.2 cm³/mol. The van der Waals surface area contributed by atoms with Gasteiger partial charge in [-0.15, -0.1) is 0 Å². The third kappa shape index (κ3) is 2.48. The molecule has 0 bridgehead atoms. The maximum atomic E-state index is 13.1. The van der Waals surface area contributed by atoms with Gasteiger partial charge in [-0.25, -0.2) is 18.2 Å². The number of pyridine rings is 1. The third-order valence-electron chi connectivity index (χ3n) is 1.71. The van der Waals surface area contributed by atoms with Gasteiger partial charge in [-0.05, 0) is 6.07 Å². The molecule has 1 rings (SSSR count). The molecule has 4 nitrogen and oxygen atoms in total. The van der Waals surface area contributed by atoms with Crippen molar-refractivity contribution in [3.8, 4) is 6.07 Å². The van der Waals surface area contributed by atoms with Crippen molar-refractivity contribution in [3.63, 3.8) is 0 Å². The molecule has 0 spiro atoms. The molecule has 0 aliphatic carbocycles. The van der Waals surface area contributed by atoms with E-state index in [4.69, 9.17) is 10.4 Å². The number of carboxylic acid groups (broad SMARTS) is 1. The summed E-state index contributed by atoms with van der Waals surface area (Å²) in [6.45, 7) is 0. The lowest BCUT2D eigenvalue weighted by Crippen LogP contribution is -2.07. The van der Waals surface area contributed by atoms with Gasteiger partial charge in [0.1, 0.15) is 6.07 Å². The van der Waals surface area contributed by atoms with E-state index in [-0.39, 0.29) is 5.69 Å². The topological polar surface area (TPSA) is 74.0 Å². The first kappa shape index (κ1) is 12.0. The minimum atomic E-state index is -3.12. The Kier molecular flexibility index (Phi) is 3.45. The van der Waals surface area contributed by atoms with Crippen LogP contribution in [0.25, 0.3) is 0 Å². The van der Waals surface area contributed by atoms with Crippen LogP contribution in [0, 0.1) is 17.1 Å². The summed E-state index contributed by atoms with van der Waals surface area (Å²) in [5.41, 5.74) is -2.11. The van der Waals surface area contributed by atoms with Crippen molar-refractivity contribution < 1.29 is 23.1 Å². The molecule has 0 aliphatic heterocycles. The van der Waals surface area contributed by atoms with Crippen LogP contribution in [0.2, 0.25) is 0 Å². The molecular formula is C9H5F3N2O2. The summed E-state index contributed by atoms with van der Waals surface area (Å²) in [5, 5.41) is 16.9. The standard InChI is InChI=1S/C9H5F3N2O2/c10-8-5(9(11)12)1-4(2-7(15)16)14-6(8)3-13/h1,9H,2H2,(H,15,16). The second-order valence-electron chi connectivity index (χ2n) is 2.85. The summed E-state index contributed by atoms with van der Waals surface area (Å²) in [6.07, 6.45) is -3.77. The summed E-state index contributed by atoms with van der Waals surface area (Å²) in [4.78, 5) is 13.7.